The zero-order valence-corrected chi connectivity index (χ0v) is 11.2. The molecule has 0 atom stereocenters. The van der Waals surface area contributed by atoms with Crippen LogP contribution in [0.4, 0.5) is 0 Å². The Morgan fingerprint density at radius 3 is 2.50 bits per heavy atom. The maximum absolute atomic E-state index is 12.6. The summed E-state index contributed by atoms with van der Waals surface area (Å²) >= 11 is 0. The van der Waals surface area contributed by atoms with Crippen molar-refractivity contribution in [1.29, 1.82) is 0 Å². The highest BCUT2D eigenvalue weighted by Gasteiger charge is 2.41. The minimum atomic E-state index is -0.199. The third kappa shape index (κ3) is 2.64. The molecule has 2 rings (SSSR count). The predicted molar refractivity (Wildman–Crippen MR) is 72.7 cm³/mol. The second-order valence-corrected chi connectivity index (χ2v) is 5.17. The van der Waals surface area contributed by atoms with E-state index in [2.05, 4.69) is 12.1 Å². The Balaban J connectivity index is 2.14. The number of hydrogen-bond donors (Lipinski definition) is 0. The van der Waals surface area contributed by atoms with Crippen molar-refractivity contribution in [2.24, 2.45) is 0 Å². The molecule has 0 spiro atoms. The summed E-state index contributed by atoms with van der Waals surface area (Å²) in [5.41, 5.74) is 1.01. The van der Waals surface area contributed by atoms with Crippen molar-refractivity contribution in [1.82, 2.24) is 0 Å². The summed E-state index contributed by atoms with van der Waals surface area (Å²) in [7, 11) is 1.69. The zero-order chi connectivity index (χ0) is 12.8. The van der Waals surface area contributed by atoms with E-state index in [1.54, 1.807) is 7.11 Å². The molecular weight excluding hydrogens is 224 g/mol. The van der Waals surface area contributed by atoms with E-state index in [1.165, 1.54) is 18.4 Å². The third-order valence-electron chi connectivity index (χ3n) is 4.07. The summed E-state index contributed by atoms with van der Waals surface area (Å²) in [6, 6.07) is 10.3. The van der Waals surface area contributed by atoms with Crippen molar-refractivity contribution in [2.75, 3.05) is 13.7 Å². The van der Waals surface area contributed by atoms with Crippen LogP contribution in [0.5, 0.6) is 0 Å². The van der Waals surface area contributed by atoms with E-state index in [1.807, 2.05) is 18.2 Å². The van der Waals surface area contributed by atoms with Gasteiger partial charge in [-0.1, -0.05) is 43.2 Å². The van der Waals surface area contributed by atoms with Crippen LogP contribution in [0.25, 0.3) is 0 Å². The van der Waals surface area contributed by atoms with Gasteiger partial charge in [0.15, 0.2) is 0 Å². The molecule has 98 valence electrons. The summed E-state index contributed by atoms with van der Waals surface area (Å²) < 4.78 is 5.04. The van der Waals surface area contributed by atoms with Gasteiger partial charge in [0.1, 0.15) is 5.78 Å². The molecule has 18 heavy (non-hydrogen) atoms. The average molecular weight is 246 g/mol. The molecule has 1 aromatic carbocycles. The minimum Gasteiger partial charge on any atom is -0.385 e. The van der Waals surface area contributed by atoms with Gasteiger partial charge in [0.05, 0.1) is 5.41 Å². The Morgan fingerprint density at radius 2 is 1.89 bits per heavy atom. The van der Waals surface area contributed by atoms with Crippen LogP contribution in [-0.2, 0) is 14.9 Å². The maximum atomic E-state index is 12.6. The van der Waals surface area contributed by atoms with E-state index in [9.17, 15) is 4.79 Å². The molecule has 0 radical (unpaired) electrons. The number of benzene rings is 1. The molecule has 0 aromatic heterocycles. The lowest BCUT2D eigenvalue weighted by atomic mass is 9.74. The lowest BCUT2D eigenvalue weighted by molar-refractivity contribution is -0.124. The number of Topliss-reactive ketones (excluding diaryl/α,β-unsaturated/α-hetero) is 1. The number of ether oxygens (including phenoxy) is 1. The van der Waals surface area contributed by atoms with Crippen LogP contribution in [0.1, 0.15) is 44.1 Å². The van der Waals surface area contributed by atoms with Crippen molar-refractivity contribution in [3.05, 3.63) is 35.9 Å². The van der Waals surface area contributed by atoms with Crippen LogP contribution < -0.4 is 0 Å². The summed E-state index contributed by atoms with van der Waals surface area (Å²) in [5, 5.41) is 0. The summed E-state index contributed by atoms with van der Waals surface area (Å²) in [5.74, 6) is 0.406. The molecule has 2 nitrogen and oxygen atoms in total. The van der Waals surface area contributed by atoms with Crippen molar-refractivity contribution < 1.29 is 9.53 Å². The van der Waals surface area contributed by atoms with Crippen molar-refractivity contribution in [2.45, 2.75) is 43.9 Å². The Bertz CT molecular complexity index is 377. The SMILES string of the molecule is COCCCC(=O)C1(c2ccccc2)CCCC1. The first-order valence-corrected chi connectivity index (χ1v) is 6.87. The number of rotatable bonds is 6. The molecule has 1 aromatic rings. The Labute approximate surface area is 109 Å². The molecule has 0 amide bonds. The Kier molecular flexibility index (Phi) is 4.54. The van der Waals surface area contributed by atoms with Gasteiger partial charge in [0.2, 0.25) is 0 Å². The molecule has 0 bridgehead atoms. The normalized spacial score (nSPS) is 17.8. The molecule has 1 aliphatic rings. The average Bonchev–Trinajstić information content (AvgIpc) is 2.90. The molecule has 0 N–H and O–H groups in total. The van der Waals surface area contributed by atoms with Crippen molar-refractivity contribution in [3.8, 4) is 0 Å². The topological polar surface area (TPSA) is 26.3 Å². The summed E-state index contributed by atoms with van der Waals surface area (Å²) in [4.78, 5) is 12.6. The fourth-order valence-corrected chi connectivity index (χ4v) is 3.08. The second-order valence-electron chi connectivity index (χ2n) is 5.17. The van der Waals surface area contributed by atoms with Gasteiger partial charge in [0, 0.05) is 20.1 Å². The molecule has 1 fully saturated rings. The highest BCUT2D eigenvalue weighted by molar-refractivity contribution is 5.90. The van der Waals surface area contributed by atoms with Crippen molar-refractivity contribution in [3.63, 3.8) is 0 Å². The highest BCUT2D eigenvalue weighted by Crippen LogP contribution is 2.42. The van der Waals surface area contributed by atoms with Crippen LogP contribution in [0.15, 0.2) is 30.3 Å². The molecule has 1 aliphatic carbocycles. The maximum Gasteiger partial charge on any atom is 0.143 e. The largest absolute Gasteiger partial charge is 0.385 e. The van der Waals surface area contributed by atoms with Gasteiger partial charge < -0.3 is 4.74 Å². The van der Waals surface area contributed by atoms with Gasteiger partial charge in [-0.15, -0.1) is 0 Å². The smallest absolute Gasteiger partial charge is 0.143 e. The summed E-state index contributed by atoms with van der Waals surface area (Å²) in [6.45, 7) is 0.677. The second kappa shape index (κ2) is 6.14. The van der Waals surface area contributed by atoms with Gasteiger partial charge in [-0.05, 0) is 24.8 Å². The van der Waals surface area contributed by atoms with Crippen LogP contribution in [-0.4, -0.2) is 19.5 Å². The number of carbonyl (C=O) groups excluding carboxylic acids is 1. The van der Waals surface area contributed by atoms with Crippen LogP contribution in [0.2, 0.25) is 0 Å². The van der Waals surface area contributed by atoms with Crippen LogP contribution in [0, 0.1) is 0 Å². The Hall–Kier alpha value is -1.15. The molecular formula is C16H22O2. The first-order valence-electron chi connectivity index (χ1n) is 6.87. The fourth-order valence-electron chi connectivity index (χ4n) is 3.08. The number of carbonyl (C=O) groups is 1. The van der Waals surface area contributed by atoms with Gasteiger partial charge in [-0.25, -0.2) is 0 Å². The third-order valence-corrected chi connectivity index (χ3v) is 4.07. The van der Waals surface area contributed by atoms with Crippen LogP contribution >= 0.6 is 0 Å². The molecule has 2 heteroatoms. The van der Waals surface area contributed by atoms with E-state index in [-0.39, 0.29) is 5.41 Å². The van der Waals surface area contributed by atoms with E-state index >= 15 is 0 Å². The molecule has 1 saturated carbocycles. The lowest BCUT2D eigenvalue weighted by Gasteiger charge is -2.28. The van der Waals surface area contributed by atoms with E-state index in [0.717, 1.165) is 19.3 Å². The predicted octanol–water partition coefficient (Wildman–Crippen LogP) is 3.49. The van der Waals surface area contributed by atoms with Gasteiger partial charge in [-0.2, -0.15) is 0 Å². The van der Waals surface area contributed by atoms with Crippen molar-refractivity contribution >= 4 is 5.78 Å². The van der Waals surface area contributed by atoms with E-state index in [4.69, 9.17) is 4.74 Å². The standard InChI is InChI=1S/C16H22O2/c1-18-13-7-10-15(17)16(11-5-6-12-16)14-8-3-2-4-9-14/h2-4,8-9H,5-7,10-13H2,1H3. The minimum absolute atomic E-state index is 0.199. The number of methoxy groups -OCH3 is 1. The molecule has 0 heterocycles. The summed E-state index contributed by atoms with van der Waals surface area (Å²) in [6.07, 6.45) is 5.86. The van der Waals surface area contributed by atoms with E-state index < -0.39 is 0 Å². The highest BCUT2D eigenvalue weighted by atomic mass is 16.5. The van der Waals surface area contributed by atoms with Gasteiger partial charge in [0.25, 0.3) is 0 Å². The van der Waals surface area contributed by atoms with Gasteiger partial charge >= 0.3 is 0 Å². The molecule has 0 saturated heterocycles. The van der Waals surface area contributed by atoms with E-state index in [0.29, 0.717) is 18.8 Å². The first-order chi connectivity index (χ1) is 8.79. The zero-order valence-electron chi connectivity index (χ0n) is 11.2. The molecule has 0 unspecified atom stereocenters. The first kappa shape index (κ1) is 13.3. The number of ketones is 1. The Morgan fingerprint density at radius 1 is 1.22 bits per heavy atom. The van der Waals surface area contributed by atoms with Gasteiger partial charge in [-0.3, -0.25) is 4.79 Å². The molecule has 0 aliphatic heterocycles. The van der Waals surface area contributed by atoms with Crippen LogP contribution in [0.3, 0.4) is 0 Å². The fraction of sp³-hybridized carbons (Fsp3) is 0.562. The monoisotopic (exact) mass is 246 g/mol. The lowest BCUT2D eigenvalue weighted by Crippen LogP contribution is -2.33. The number of hydrogen-bond acceptors (Lipinski definition) is 2. The quantitative estimate of drug-likeness (QED) is 0.718.